The summed E-state index contributed by atoms with van der Waals surface area (Å²) in [6, 6.07) is 10.3. The molecule has 1 heterocycles. The van der Waals surface area contributed by atoms with E-state index in [0.29, 0.717) is 23.0 Å². The Morgan fingerprint density at radius 3 is 2.27 bits per heavy atom. The quantitative estimate of drug-likeness (QED) is 0.900. The van der Waals surface area contributed by atoms with Crippen molar-refractivity contribution in [2.45, 2.75) is 26.4 Å². The average Bonchev–Trinajstić information content (AvgIpc) is 2.41. The Labute approximate surface area is 129 Å². The predicted octanol–water partition coefficient (Wildman–Crippen LogP) is 3.80. The van der Waals surface area contributed by atoms with E-state index in [2.05, 4.69) is 10.3 Å². The fourth-order valence-corrected chi connectivity index (χ4v) is 1.62. The summed E-state index contributed by atoms with van der Waals surface area (Å²) in [5, 5.41) is 2.65. The van der Waals surface area contributed by atoms with E-state index in [4.69, 9.17) is 15.2 Å². The SMILES string of the molecule is CC(C)(C)OC(=O)Nc1ccc(Oc2ccc(N)nc2)cc1. The summed E-state index contributed by atoms with van der Waals surface area (Å²) in [5.74, 6) is 1.65. The van der Waals surface area contributed by atoms with Gasteiger partial charge in [0.2, 0.25) is 0 Å². The molecule has 1 amide bonds. The second-order valence-electron chi connectivity index (χ2n) is 5.67. The van der Waals surface area contributed by atoms with Gasteiger partial charge in [-0.3, -0.25) is 5.32 Å². The Bertz CT molecular complexity index is 631. The van der Waals surface area contributed by atoms with Crippen molar-refractivity contribution >= 4 is 17.6 Å². The lowest BCUT2D eigenvalue weighted by atomic mass is 10.2. The zero-order valence-electron chi connectivity index (χ0n) is 12.8. The minimum Gasteiger partial charge on any atom is -0.456 e. The van der Waals surface area contributed by atoms with Gasteiger partial charge in [0.1, 0.15) is 22.9 Å². The molecule has 2 rings (SSSR count). The second kappa shape index (κ2) is 6.34. The van der Waals surface area contributed by atoms with Gasteiger partial charge in [0, 0.05) is 5.69 Å². The number of hydrogen-bond donors (Lipinski definition) is 2. The van der Waals surface area contributed by atoms with Crippen LogP contribution in [0.1, 0.15) is 20.8 Å². The molecule has 0 aliphatic heterocycles. The van der Waals surface area contributed by atoms with Gasteiger partial charge in [-0.05, 0) is 57.2 Å². The van der Waals surface area contributed by atoms with Gasteiger partial charge in [0.05, 0.1) is 6.20 Å². The maximum atomic E-state index is 11.7. The summed E-state index contributed by atoms with van der Waals surface area (Å²) in [6.07, 6.45) is 1.05. The fourth-order valence-electron chi connectivity index (χ4n) is 1.62. The molecule has 6 heteroatoms. The van der Waals surface area contributed by atoms with E-state index in [9.17, 15) is 4.79 Å². The fraction of sp³-hybridized carbons (Fsp3) is 0.250. The number of hydrogen-bond acceptors (Lipinski definition) is 5. The van der Waals surface area contributed by atoms with Crippen molar-refractivity contribution in [2.75, 3.05) is 11.1 Å². The van der Waals surface area contributed by atoms with Crippen LogP contribution in [0.3, 0.4) is 0 Å². The van der Waals surface area contributed by atoms with Crippen LogP contribution >= 0.6 is 0 Å². The van der Waals surface area contributed by atoms with Crippen LogP contribution in [0.2, 0.25) is 0 Å². The number of aromatic nitrogens is 1. The van der Waals surface area contributed by atoms with Gasteiger partial charge in [-0.2, -0.15) is 0 Å². The number of rotatable bonds is 3. The first-order valence-corrected chi connectivity index (χ1v) is 6.81. The van der Waals surface area contributed by atoms with Gasteiger partial charge in [-0.1, -0.05) is 0 Å². The van der Waals surface area contributed by atoms with Crippen LogP contribution in [0.15, 0.2) is 42.6 Å². The molecule has 0 spiro atoms. The number of nitrogen functional groups attached to an aromatic ring is 1. The molecule has 116 valence electrons. The summed E-state index contributed by atoms with van der Waals surface area (Å²) >= 11 is 0. The van der Waals surface area contributed by atoms with E-state index >= 15 is 0 Å². The number of anilines is 2. The molecule has 0 bridgehead atoms. The van der Waals surface area contributed by atoms with E-state index in [1.165, 1.54) is 0 Å². The van der Waals surface area contributed by atoms with Crippen LogP contribution in [0, 0.1) is 0 Å². The Balaban J connectivity index is 1.95. The number of pyridine rings is 1. The summed E-state index contributed by atoms with van der Waals surface area (Å²) < 4.78 is 10.8. The molecule has 1 aromatic heterocycles. The summed E-state index contributed by atoms with van der Waals surface area (Å²) in [5.41, 5.74) is 5.60. The van der Waals surface area contributed by atoms with E-state index in [1.54, 1.807) is 42.6 Å². The smallest absolute Gasteiger partial charge is 0.412 e. The highest BCUT2D eigenvalue weighted by Crippen LogP contribution is 2.23. The zero-order chi connectivity index (χ0) is 16.2. The number of nitrogens with two attached hydrogens (primary N) is 1. The molecule has 0 fully saturated rings. The van der Waals surface area contributed by atoms with Crippen LogP contribution in [0.4, 0.5) is 16.3 Å². The highest BCUT2D eigenvalue weighted by atomic mass is 16.6. The number of nitrogens with one attached hydrogen (secondary N) is 1. The highest BCUT2D eigenvalue weighted by molar-refractivity contribution is 5.84. The normalized spacial score (nSPS) is 10.9. The molecule has 0 aliphatic rings. The number of carbonyl (C=O) groups is 1. The summed E-state index contributed by atoms with van der Waals surface area (Å²) in [7, 11) is 0. The van der Waals surface area contributed by atoms with E-state index in [1.807, 2.05) is 20.8 Å². The van der Waals surface area contributed by atoms with E-state index in [-0.39, 0.29) is 0 Å². The molecule has 22 heavy (non-hydrogen) atoms. The molecule has 0 aliphatic carbocycles. The third-order valence-electron chi connectivity index (χ3n) is 2.49. The third-order valence-corrected chi connectivity index (χ3v) is 2.49. The van der Waals surface area contributed by atoms with Crippen molar-refractivity contribution in [1.29, 1.82) is 0 Å². The van der Waals surface area contributed by atoms with Crippen molar-refractivity contribution in [3.63, 3.8) is 0 Å². The maximum Gasteiger partial charge on any atom is 0.412 e. The molecule has 0 unspecified atom stereocenters. The first-order valence-electron chi connectivity index (χ1n) is 6.81. The molecule has 0 radical (unpaired) electrons. The average molecular weight is 301 g/mol. The summed E-state index contributed by atoms with van der Waals surface area (Å²) in [6.45, 7) is 5.43. The molecule has 0 saturated carbocycles. The lowest BCUT2D eigenvalue weighted by Gasteiger charge is -2.19. The van der Waals surface area contributed by atoms with Crippen LogP contribution in [-0.4, -0.2) is 16.7 Å². The monoisotopic (exact) mass is 301 g/mol. The van der Waals surface area contributed by atoms with Crippen LogP contribution in [0.25, 0.3) is 0 Å². The number of carbonyl (C=O) groups excluding carboxylic acids is 1. The number of ether oxygens (including phenoxy) is 2. The summed E-state index contributed by atoms with van der Waals surface area (Å²) in [4.78, 5) is 15.6. The first-order chi connectivity index (χ1) is 10.3. The van der Waals surface area contributed by atoms with Crippen LogP contribution in [0.5, 0.6) is 11.5 Å². The van der Waals surface area contributed by atoms with Gasteiger partial charge in [-0.25, -0.2) is 9.78 Å². The molecule has 3 N–H and O–H groups in total. The van der Waals surface area contributed by atoms with Gasteiger partial charge < -0.3 is 15.2 Å². The van der Waals surface area contributed by atoms with Crippen LogP contribution < -0.4 is 15.8 Å². The van der Waals surface area contributed by atoms with Gasteiger partial charge in [0.25, 0.3) is 0 Å². The minimum atomic E-state index is -0.532. The van der Waals surface area contributed by atoms with Crippen molar-refractivity contribution in [3.8, 4) is 11.5 Å². The Hall–Kier alpha value is -2.76. The number of benzene rings is 1. The minimum absolute atomic E-state index is 0.434. The van der Waals surface area contributed by atoms with Crippen molar-refractivity contribution in [2.24, 2.45) is 0 Å². The van der Waals surface area contributed by atoms with Crippen molar-refractivity contribution in [3.05, 3.63) is 42.6 Å². The Morgan fingerprint density at radius 2 is 1.73 bits per heavy atom. The second-order valence-corrected chi connectivity index (χ2v) is 5.67. The number of nitrogens with zero attached hydrogens (tertiary/aromatic N) is 1. The molecular formula is C16H19N3O3. The van der Waals surface area contributed by atoms with E-state index in [0.717, 1.165) is 0 Å². The Kier molecular flexibility index (Phi) is 4.50. The molecule has 1 aromatic carbocycles. The Morgan fingerprint density at radius 1 is 1.09 bits per heavy atom. The lowest BCUT2D eigenvalue weighted by Crippen LogP contribution is -2.27. The molecular weight excluding hydrogens is 282 g/mol. The number of amides is 1. The lowest BCUT2D eigenvalue weighted by molar-refractivity contribution is 0.0636. The van der Waals surface area contributed by atoms with Crippen LogP contribution in [-0.2, 0) is 4.74 Å². The van der Waals surface area contributed by atoms with E-state index < -0.39 is 11.7 Å². The van der Waals surface area contributed by atoms with Crippen molar-refractivity contribution in [1.82, 2.24) is 4.98 Å². The highest BCUT2D eigenvalue weighted by Gasteiger charge is 2.16. The van der Waals surface area contributed by atoms with Gasteiger partial charge in [-0.15, -0.1) is 0 Å². The molecule has 0 saturated heterocycles. The zero-order valence-corrected chi connectivity index (χ0v) is 12.8. The van der Waals surface area contributed by atoms with Gasteiger partial charge in [0.15, 0.2) is 0 Å². The standard InChI is InChI=1S/C16H19N3O3/c1-16(2,3)22-15(20)19-11-4-6-12(7-5-11)21-13-8-9-14(17)18-10-13/h4-10H,1-3H3,(H2,17,18)(H,19,20). The largest absolute Gasteiger partial charge is 0.456 e. The molecule has 6 nitrogen and oxygen atoms in total. The maximum absolute atomic E-state index is 11.7. The van der Waals surface area contributed by atoms with Crippen molar-refractivity contribution < 1.29 is 14.3 Å². The topological polar surface area (TPSA) is 86.5 Å². The molecule has 2 aromatic rings. The third kappa shape index (κ3) is 4.97. The predicted molar refractivity (Wildman–Crippen MR) is 85.0 cm³/mol. The molecule has 0 atom stereocenters. The first kappa shape index (κ1) is 15.6. The van der Waals surface area contributed by atoms with Gasteiger partial charge >= 0.3 is 6.09 Å².